The second-order valence-electron chi connectivity index (χ2n) is 11.4. The number of aromatic nitrogens is 2. The van der Waals surface area contributed by atoms with Gasteiger partial charge in [0.15, 0.2) is 0 Å². The highest BCUT2D eigenvalue weighted by atomic mass is 16.2. The minimum atomic E-state index is -0.0401. The number of carbonyl (C=O) groups excluding carboxylic acids is 2. The molecule has 6 nitrogen and oxygen atoms in total. The van der Waals surface area contributed by atoms with Crippen LogP contribution in [0, 0.1) is 13.8 Å². The van der Waals surface area contributed by atoms with Gasteiger partial charge in [0.05, 0.1) is 33.5 Å². The summed E-state index contributed by atoms with van der Waals surface area (Å²) in [4.78, 5) is 41.5. The predicted molar refractivity (Wildman–Crippen MR) is 176 cm³/mol. The molecular weight excluding hydrogens is 544 g/mol. The van der Waals surface area contributed by atoms with Crippen molar-refractivity contribution in [2.24, 2.45) is 0 Å². The Morgan fingerprint density at radius 3 is 1.30 bits per heavy atom. The minimum Gasteiger partial charge on any atom is -0.335 e. The molecule has 1 aliphatic rings. The Bertz CT molecular complexity index is 1910. The maximum absolute atomic E-state index is 14.0. The number of piperazine rings is 1. The lowest BCUT2D eigenvalue weighted by Gasteiger charge is -2.35. The number of carbonyl (C=O) groups is 2. The first-order valence-corrected chi connectivity index (χ1v) is 15.0. The zero-order valence-corrected chi connectivity index (χ0v) is 24.8. The molecule has 0 atom stereocenters. The summed E-state index contributed by atoms with van der Waals surface area (Å²) in [6.07, 6.45) is 0. The number of fused-ring (bicyclic) bond motifs is 2. The summed E-state index contributed by atoms with van der Waals surface area (Å²) >= 11 is 0. The van der Waals surface area contributed by atoms with E-state index in [-0.39, 0.29) is 11.8 Å². The van der Waals surface area contributed by atoms with Crippen molar-refractivity contribution >= 4 is 33.6 Å². The van der Waals surface area contributed by atoms with Crippen molar-refractivity contribution in [1.82, 2.24) is 19.8 Å². The smallest absolute Gasteiger partial charge is 0.254 e. The van der Waals surface area contributed by atoms with E-state index in [9.17, 15) is 9.59 Å². The molecule has 0 saturated carbocycles. The lowest BCUT2D eigenvalue weighted by molar-refractivity contribution is 0.0537. The maximum Gasteiger partial charge on any atom is 0.254 e. The van der Waals surface area contributed by atoms with Gasteiger partial charge in [-0.25, -0.2) is 9.97 Å². The third-order valence-corrected chi connectivity index (χ3v) is 8.59. The fourth-order valence-corrected chi connectivity index (χ4v) is 6.15. The van der Waals surface area contributed by atoms with E-state index >= 15 is 0 Å². The monoisotopic (exact) mass is 576 g/mol. The first-order valence-electron chi connectivity index (χ1n) is 15.0. The van der Waals surface area contributed by atoms with Gasteiger partial charge < -0.3 is 9.80 Å². The van der Waals surface area contributed by atoms with Crippen LogP contribution in [0.2, 0.25) is 0 Å². The van der Waals surface area contributed by atoms with Gasteiger partial charge in [-0.3, -0.25) is 9.59 Å². The first-order chi connectivity index (χ1) is 21.5. The van der Waals surface area contributed by atoms with Crippen LogP contribution in [-0.2, 0) is 0 Å². The molecule has 1 aliphatic heterocycles. The molecule has 6 heteroatoms. The Kier molecular flexibility index (Phi) is 7.10. The lowest BCUT2D eigenvalue weighted by atomic mass is 10.00. The molecule has 0 radical (unpaired) electrons. The molecule has 1 fully saturated rings. The fraction of sp³-hybridized carbons (Fsp3) is 0.158. The molecular formula is C38H32N4O2. The molecule has 216 valence electrons. The standard InChI is InChI=1S/C38H32N4O2/c1-25-11-3-5-13-27(25)35-23-31(29-15-7-9-17-33(29)39-35)37(43)41-19-21-42(22-20-41)38(44)32-24-36(28-14-6-4-12-26(28)2)40-34-18-10-8-16-30(32)34/h3-18,23-24H,19-22H2,1-2H3. The second-order valence-corrected chi connectivity index (χ2v) is 11.4. The minimum absolute atomic E-state index is 0.0401. The predicted octanol–water partition coefficient (Wildman–Crippen LogP) is 7.33. The van der Waals surface area contributed by atoms with Gasteiger partial charge in [-0.05, 0) is 49.2 Å². The Morgan fingerprint density at radius 1 is 0.523 bits per heavy atom. The third-order valence-electron chi connectivity index (χ3n) is 8.59. The molecule has 0 N–H and O–H groups in total. The Hall–Kier alpha value is -5.36. The van der Waals surface area contributed by atoms with E-state index in [1.165, 1.54) is 0 Å². The van der Waals surface area contributed by atoms with Crippen LogP contribution >= 0.6 is 0 Å². The zero-order valence-electron chi connectivity index (χ0n) is 24.8. The summed E-state index contributed by atoms with van der Waals surface area (Å²) in [6, 6.07) is 35.6. The average molecular weight is 577 g/mol. The lowest BCUT2D eigenvalue weighted by Crippen LogP contribution is -2.50. The summed E-state index contributed by atoms with van der Waals surface area (Å²) in [5.74, 6) is -0.0801. The molecule has 0 spiro atoms. The van der Waals surface area contributed by atoms with Crippen molar-refractivity contribution in [3.05, 3.63) is 131 Å². The van der Waals surface area contributed by atoms with Crippen molar-refractivity contribution < 1.29 is 9.59 Å². The van der Waals surface area contributed by atoms with Crippen molar-refractivity contribution in [1.29, 1.82) is 0 Å². The quantitative estimate of drug-likeness (QED) is 0.220. The van der Waals surface area contributed by atoms with Crippen molar-refractivity contribution in [2.45, 2.75) is 13.8 Å². The third kappa shape index (κ3) is 4.98. The maximum atomic E-state index is 14.0. The molecule has 2 aromatic heterocycles. The van der Waals surface area contributed by atoms with Gasteiger partial charge in [0.25, 0.3) is 11.8 Å². The molecule has 6 aromatic rings. The number of aryl methyl sites for hydroxylation is 2. The van der Waals surface area contributed by atoms with E-state index in [0.717, 1.165) is 55.4 Å². The van der Waals surface area contributed by atoms with Crippen LogP contribution in [0.3, 0.4) is 0 Å². The van der Waals surface area contributed by atoms with Crippen LogP contribution in [0.15, 0.2) is 109 Å². The highest BCUT2D eigenvalue weighted by molar-refractivity contribution is 6.09. The first kappa shape index (κ1) is 27.5. The number of pyridine rings is 2. The number of hydrogen-bond donors (Lipinski definition) is 0. The van der Waals surface area contributed by atoms with Gasteiger partial charge >= 0.3 is 0 Å². The average Bonchev–Trinajstić information content (AvgIpc) is 3.07. The molecule has 2 amide bonds. The van der Waals surface area contributed by atoms with E-state index in [1.807, 2.05) is 107 Å². The number of hydrogen-bond acceptors (Lipinski definition) is 4. The summed E-state index contributed by atoms with van der Waals surface area (Å²) in [5, 5.41) is 1.67. The van der Waals surface area contributed by atoms with Gasteiger partial charge in [-0.15, -0.1) is 0 Å². The molecule has 0 unspecified atom stereocenters. The number of rotatable bonds is 4. The largest absolute Gasteiger partial charge is 0.335 e. The van der Waals surface area contributed by atoms with Crippen molar-refractivity contribution in [2.75, 3.05) is 26.2 Å². The molecule has 0 bridgehead atoms. The molecule has 44 heavy (non-hydrogen) atoms. The Labute approximate surface area is 256 Å². The highest BCUT2D eigenvalue weighted by Crippen LogP contribution is 2.30. The van der Waals surface area contributed by atoms with Crippen LogP contribution in [-0.4, -0.2) is 57.8 Å². The van der Waals surface area contributed by atoms with Crippen molar-refractivity contribution in [3.63, 3.8) is 0 Å². The van der Waals surface area contributed by atoms with Crippen LogP contribution < -0.4 is 0 Å². The normalized spacial score (nSPS) is 13.4. The van der Waals surface area contributed by atoms with Gasteiger partial charge in [0.1, 0.15) is 0 Å². The van der Waals surface area contributed by atoms with Crippen LogP contribution in [0.5, 0.6) is 0 Å². The van der Waals surface area contributed by atoms with E-state index in [0.29, 0.717) is 37.3 Å². The molecule has 0 aliphatic carbocycles. The number of nitrogens with zero attached hydrogens (tertiary/aromatic N) is 4. The Balaban J connectivity index is 1.17. The molecule has 7 rings (SSSR count). The summed E-state index contributed by atoms with van der Waals surface area (Å²) in [5.41, 5.74) is 8.66. The topological polar surface area (TPSA) is 66.4 Å². The molecule has 3 heterocycles. The second kappa shape index (κ2) is 11.4. The van der Waals surface area contributed by atoms with E-state index < -0.39 is 0 Å². The van der Waals surface area contributed by atoms with E-state index in [1.54, 1.807) is 0 Å². The number of para-hydroxylation sites is 2. The Morgan fingerprint density at radius 2 is 0.886 bits per heavy atom. The number of amides is 2. The van der Waals surface area contributed by atoms with Gasteiger partial charge in [-0.1, -0.05) is 84.9 Å². The van der Waals surface area contributed by atoms with Gasteiger partial charge in [-0.2, -0.15) is 0 Å². The molecule has 4 aromatic carbocycles. The van der Waals surface area contributed by atoms with E-state index in [4.69, 9.17) is 9.97 Å². The van der Waals surface area contributed by atoms with Gasteiger partial charge in [0.2, 0.25) is 0 Å². The van der Waals surface area contributed by atoms with Gasteiger partial charge in [0, 0.05) is 48.1 Å². The fourth-order valence-electron chi connectivity index (χ4n) is 6.15. The summed E-state index contributed by atoms with van der Waals surface area (Å²) in [7, 11) is 0. The number of benzene rings is 4. The highest BCUT2D eigenvalue weighted by Gasteiger charge is 2.28. The molecule has 1 saturated heterocycles. The van der Waals surface area contributed by atoms with E-state index in [2.05, 4.69) is 26.0 Å². The summed E-state index contributed by atoms with van der Waals surface area (Å²) < 4.78 is 0. The summed E-state index contributed by atoms with van der Waals surface area (Å²) in [6.45, 7) is 5.92. The van der Waals surface area contributed by atoms with Crippen LogP contribution in [0.4, 0.5) is 0 Å². The van der Waals surface area contributed by atoms with Crippen molar-refractivity contribution in [3.8, 4) is 22.5 Å². The van der Waals surface area contributed by atoms with Crippen LogP contribution in [0.1, 0.15) is 31.8 Å². The zero-order chi connectivity index (χ0) is 30.2. The SMILES string of the molecule is Cc1ccccc1-c1cc(C(=O)N2CCN(C(=O)c3cc(-c4ccccc4C)nc4ccccc34)CC2)c2ccccc2n1. The van der Waals surface area contributed by atoms with Crippen LogP contribution in [0.25, 0.3) is 44.3 Å².